The van der Waals surface area contributed by atoms with E-state index in [9.17, 15) is 79.2 Å². The first kappa shape index (κ1) is 32.0. The Kier molecular flexibility index (Phi) is 8.30. The minimum absolute atomic E-state index is 0.437. The second kappa shape index (κ2) is 8.57. The predicted molar refractivity (Wildman–Crippen MR) is 71.8 cm³/mol. The molecule has 0 atom stereocenters. The highest BCUT2D eigenvalue weighted by Gasteiger charge is 2.95. The zero-order chi connectivity index (χ0) is 27.3. The summed E-state index contributed by atoms with van der Waals surface area (Å²) in [7, 11) is -3.90. The van der Waals surface area contributed by atoms with Gasteiger partial charge in [0.2, 0.25) is 0 Å². The van der Waals surface area contributed by atoms with Crippen LogP contribution in [0.3, 0.4) is 0 Å². The van der Waals surface area contributed by atoms with Gasteiger partial charge in [0.15, 0.2) is 0 Å². The van der Waals surface area contributed by atoms with Gasteiger partial charge in [-0.25, -0.2) is 0 Å². The van der Waals surface area contributed by atoms with Crippen molar-refractivity contribution in [1.82, 2.24) is 0 Å². The van der Waals surface area contributed by atoms with Crippen molar-refractivity contribution in [3.8, 4) is 0 Å². The van der Waals surface area contributed by atoms with Crippen LogP contribution in [-0.2, 0) is 13.6 Å². The molecule has 0 amide bonds. The van der Waals surface area contributed by atoms with E-state index < -0.39 is 67.8 Å². The monoisotopic (exact) mass is 556 g/mol. The second-order valence-electron chi connectivity index (χ2n) is 6.10. The maximum atomic E-state index is 13.6. The summed E-state index contributed by atoms with van der Waals surface area (Å²) in [4.78, 5) is 0. The Labute approximate surface area is 171 Å². The molecule has 3 nitrogen and oxygen atoms in total. The van der Waals surface area contributed by atoms with Gasteiger partial charge in [-0.15, -0.1) is 0 Å². The summed E-state index contributed by atoms with van der Waals surface area (Å²) in [5.41, 5.74) is 0. The molecule has 0 N–H and O–H groups in total. The van der Waals surface area contributed by atoms with Crippen LogP contribution in [-0.4, -0.2) is 68.0 Å². The highest BCUT2D eigenvalue weighted by Crippen LogP contribution is 2.64. The van der Waals surface area contributed by atoms with E-state index >= 15 is 0 Å². The first-order valence-corrected chi connectivity index (χ1v) is 9.22. The lowest BCUT2D eigenvalue weighted by molar-refractivity contribution is -0.461. The molecule has 0 heterocycles. The Morgan fingerprint density at radius 2 is 0.788 bits per heavy atom. The van der Waals surface area contributed by atoms with Gasteiger partial charge in [-0.3, -0.25) is 4.57 Å². The smallest absolute Gasteiger partial charge is 0.312 e. The van der Waals surface area contributed by atoms with Crippen molar-refractivity contribution in [1.29, 1.82) is 0 Å². The standard InChI is InChI=1S/C12H10F17O3P/c1-31-33(30,32-2)4-3-5(13,14)6(15,16)7(17,18)8(19,20)9(21,22)10(23,24)11(25,26)12(27,28)29/h3-4H2,1-2H3. The topological polar surface area (TPSA) is 35.5 Å². The maximum Gasteiger partial charge on any atom is 0.460 e. The average molecular weight is 556 g/mol. The summed E-state index contributed by atoms with van der Waals surface area (Å²) in [5, 5.41) is 0. The number of halogens is 17. The molecule has 0 fully saturated rings. The van der Waals surface area contributed by atoms with Crippen LogP contribution in [0.4, 0.5) is 74.6 Å². The molecule has 0 unspecified atom stereocenters. The SMILES string of the molecule is COP(=O)(CCC(F)(F)C(F)(F)C(F)(F)C(F)(F)C(F)(F)C(F)(F)C(F)(F)C(F)(F)F)OC. The van der Waals surface area contributed by atoms with E-state index in [1.54, 1.807) is 0 Å². The summed E-state index contributed by atoms with van der Waals surface area (Å²) in [6.45, 7) is 0. The average Bonchev–Trinajstić information content (AvgIpc) is 2.64. The highest BCUT2D eigenvalue weighted by atomic mass is 31.2. The van der Waals surface area contributed by atoms with Crippen molar-refractivity contribution in [2.24, 2.45) is 0 Å². The fourth-order valence-electron chi connectivity index (χ4n) is 1.89. The Morgan fingerprint density at radius 3 is 1.06 bits per heavy atom. The van der Waals surface area contributed by atoms with Gasteiger partial charge in [0.05, 0.1) is 6.16 Å². The van der Waals surface area contributed by atoms with E-state index in [2.05, 4.69) is 9.05 Å². The first-order valence-electron chi connectivity index (χ1n) is 7.50. The Morgan fingerprint density at radius 1 is 0.515 bits per heavy atom. The first-order chi connectivity index (χ1) is 14.1. The summed E-state index contributed by atoms with van der Waals surface area (Å²) in [5.74, 6) is -56.9. The summed E-state index contributed by atoms with van der Waals surface area (Å²) in [6, 6.07) is 0. The lowest BCUT2D eigenvalue weighted by Crippen LogP contribution is -2.74. The van der Waals surface area contributed by atoms with Crippen molar-refractivity contribution < 1.29 is 88.2 Å². The molecule has 33 heavy (non-hydrogen) atoms. The van der Waals surface area contributed by atoms with Crippen molar-refractivity contribution in [3.05, 3.63) is 0 Å². The molecule has 200 valence electrons. The third kappa shape index (κ3) is 4.62. The van der Waals surface area contributed by atoms with Crippen LogP contribution in [0.15, 0.2) is 0 Å². The van der Waals surface area contributed by atoms with Crippen molar-refractivity contribution in [2.45, 2.75) is 54.1 Å². The third-order valence-corrected chi connectivity index (χ3v) is 5.93. The molecule has 0 aliphatic carbocycles. The number of hydrogen-bond donors (Lipinski definition) is 0. The zero-order valence-electron chi connectivity index (χ0n) is 15.5. The molecule has 0 aromatic carbocycles. The molecule has 0 bridgehead atoms. The van der Waals surface area contributed by atoms with E-state index in [0.29, 0.717) is 14.2 Å². The minimum atomic E-state index is -8.68. The number of alkyl halides is 17. The lowest BCUT2D eigenvalue weighted by Gasteiger charge is -2.42. The van der Waals surface area contributed by atoms with Gasteiger partial charge in [0.1, 0.15) is 0 Å². The highest BCUT2D eigenvalue weighted by molar-refractivity contribution is 7.53. The molecular weight excluding hydrogens is 546 g/mol. The van der Waals surface area contributed by atoms with Gasteiger partial charge in [-0.2, -0.15) is 74.6 Å². The quantitative estimate of drug-likeness (QED) is 0.206. The maximum absolute atomic E-state index is 13.6. The van der Waals surface area contributed by atoms with Gasteiger partial charge >= 0.3 is 55.2 Å². The van der Waals surface area contributed by atoms with Crippen molar-refractivity contribution in [3.63, 3.8) is 0 Å². The largest absolute Gasteiger partial charge is 0.460 e. The number of rotatable bonds is 11. The third-order valence-electron chi connectivity index (χ3n) is 4.04. The van der Waals surface area contributed by atoms with Gasteiger partial charge in [0.25, 0.3) is 0 Å². The van der Waals surface area contributed by atoms with E-state index in [4.69, 9.17) is 0 Å². The van der Waals surface area contributed by atoms with Crippen LogP contribution in [0.25, 0.3) is 0 Å². The van der Waals surface area contributed by atoms with E-state index in [1.165, 1.54) is 0 Å². The summed E-state index contributed by atoms with van der Waals surface area (Å²) < 4.78 is 241. The van der Waals surface area contributed by atoms with Crippen LogP contribution in [0.1, 0.15) is 6.42 Å². The van der Waals surface area contributed by atoms with Crippen LogP contribution in [0.5, 0.6) is 0 Å². The normalized spacial score (nSPS) is 16.3. The zero-order valence-corrected chi connectivity index (χ0v) is 16.4. The predicted octanol–water partition coefficient (Wildman–Crippen LogP) is 6.87. The minimum Gasteiger partial charge on any atom is -0.312 e. The summed E-state index contributed by atoms with van der Waals surface area (Å²) >= 11 is 0. The van der Waals surface area contributed by atoms with Crippen LogP contribution >= 0.6 is 7.60 Å². The van der Waals surface area contributed by atoms with Crippen LogP contribution in [0.2, 0.25) is 0 Å². The van der Waals surface area contributed by atoms with Crippen molar-refractivity contribution in [2.75, 3.05) is 20.4 Å². The molecule has 0 rings (SSSR count). The van der Waals surface area contributed by atoms with Crippen LogP contribution in [0, 0.1) is 0 Å². The molecule has 0 spiro atoms. The Bertz CT molecular complexity index is 736. The molecule has 0 aliphatic rings. The second-order valence-corrected chi connectivity index (χ2v) is 8.50. The number of hydrogen-bond acceptors (Lipinski definition) is 3. The van der Waals surface area contributed by atoms with Gasteiger partial charge < -0.3 is 9.05 Å². The van der Waals surface area contributed by atoms with Gasteiger partial charge in [0, 0.05) is 20.6 Å². The fraction of sp³-hybridized carbons (Fsp3) is 1.00. The Hall–Kier alpha value is -1.04. The van der Waals surface area contributed by atoms with Crippen molar-refractivity contribution >= 4 is 7.60 Å². The van der Waals surface area contributed by atoms with E-state index in [0.717, 1.165) is 0 Å². The lowest BCUT2D eigenvalue weighted by atomic mass is 9.88. The molecule has 21 heteroatoms. The van der Waals surface area contributed by atoms with E-state index in [1.807, 2.05) is 0 Å². The fourth-order valence-corrected chi connectivity index (χ4v) is 2.96. The van der Waals surface area contributed by atoms with Crippen LogP contribution < -0.4 is 0 Å². The van der Waals surface area contributed by atoms with E-state index in [-0.39, 0.29) is 0 Å². The molecule has 0 aromatic rings. The molecule has 0 aromatic heterocycles. The molecule has 0 aliphatic heterocycles. The molecule has 0 saturated heterocycles. The Balaban J connectivity index is 6.56. The molecule has 0 saturated carbocycles. The van der Waals surface area contributed by atoms with Gasteiger partial charge in [-0.1, -0.05) is 0 Å². The summed E-state index contributed by atoms with van der Waals surface area (Å²) in [6.07, 6.45) is -12.7. The molecular formula is C12H10F17O3P. The van der Waals surface area contributed by atoms with Gasteiger partial charge in [-0.05, 0) is 0 Å². The molecule has 0 radical (unpaired) electrons.